The second-order valence-electron chi connectivity index (χ2n) is 10.9. The standard InChI is InChI=1S/C28H29F3N6O3/c1-35-24-18(29)10-17(27(38)36-8-6-22-20(14-36)32-7-9-39-22)11-19(24)33-26(35)21-12-16-4-5-23(40-28(30)31)34-25(16)37(21)13-15-2-3-15/h4-5,10-12,15,20,22,28,32H,2-3,6-9,13-14H2,1H3/t20-,22+/m1/s1. The van der Waals surface area contributed by atoms with Crippen molar-refractivity contribution in [3.63, 3.8) is 0 Å². The van der Waals surface area contributed by atoms with E-state index in [1.165, 1.54) is 12.1 Å². The summed E-state index contributed by atoms with van der Waals surface area (Å²) in [5.74, 6) is 0.00377. The predicted octanol–water partition coefficient (Wildman–Crippen LogP) is 3.94. The van der Waals surface area contributed by atoms with Gasteiger partial charge in [-0.3, -0.25) is 4.79 Å². The molecule has 9 nitrogen and oxygen atoms in total. The number of nitrogens with one attached hydrogen (secondary N) is 1. The maximum atomic E-state index is 15.6. The van der Waals surface area contributed by atoms with Gasteiger partial charge < -0.3 is 28.8 Å². The molecular formula is C28H29F3N6O3. The number of ether oxygens (including phenoxy) is 2. The third kappa shape index (κ3) is 4.48. The van der Waals surface area contributed by atoms with Gasteiger partial charge in [0.2, 0.25) is 5.88 Å². The van der Waals surface area contributed by atoms with Crippen molar-refractivity contribution in [3.8, 4) is 17.4 Å². The fourth-order valence-electron chi connectivity index (χ4n) is 5.99. The van der Waals surface area contributed by atoms with Crippen LogP contribution >= 0.6 is 0 Å². The van der Waals surface area contributed by atoms with Crippen molar-refractivity contribution in [1.29, 1.82) is 0 Å². The van der Waals surface area contributed by atoms with E-state index < -0.39 is 12.4 Å². The third-order valence-electron chi connectivity index (χ3n) is 8.14. The molecule has 1 saturated carbocycles. The number of likely N-dealkylation sites (tertiary alicyclic amines) is 1. The molecule has 0 radical (unpaired) electrons. The van der Waals surface area contributed by atoms with Gasteiger partial charge in [0, 0.05) is 50.2 Å². The van der Waals surface area contributed by atoms with Crippen LogP contribution in [-0.2, 0) is 18.3 Å². The minimum absolute atomic E-state index is 0.0649. The lowest BCUT2D eigenvalue weighted by Crippen LogP contribution is -2.59. The van der Waals surface area contributed by atoms with Crippen LogP contribution in [0.5, 0.6) is 5.88 Å². The fraction of sp³-hybridized carbons (Fsp3) is 0.464. The molecule has 1 aliphatic carbocycles. The number of amides is 1. The highest BCUT2D eigenvalue weighted by molar-refractivity contribution is 5.98. The van der Waals surface area contributed by atoms with Crippen LogP contribution in [0.3, 0.4) is 0 Å². The molecule has 2 aliphatic heterocycles. The lowest BCUT2D eigenvalue weighted by molar-refractivity contribution is -0.0526. The number of pyridine rings is 1. The Hall–Kier alpha value is -3.64. The van der Waals surface area contributed by atoms with Gasteiger partial charge in [-0.05, 0) is 49.4 Å². The van der Waals surface area contributed by atoms with E-state index in [1.807, 2.05) is 10.6 Å². The molecule has 0 unspecified atom stereocenters. The quantitative estimate of drug-likeness (QED) is 0.389. The number of fused-ring (bicyclic) bond motifs is 3. The van der Waals surface area contributed by atoms with Crippen LogP contribution in [0.1, 0.15) is 29.6 Å². The molecule has 40 heavy (non-hydrogen) atoms. The lowest BCUT2D eigenvalue weighted by atomic mass is 9.99. The van der Waals surface area contributed by atoms with Crippen molar-refractivity contribution in [2.24, 2.45) is 13.0 Å². The second-order valence-corrected chi connectivity index (χ2v) is 10.9. The molecule has 210 valence electrons. The van der Waals surface area contributed by atoms with E-state index in [1.54, 1.807) is 28.6 Å². The van der Waals surface area contributed by atoms with Gasteiger partial charge in [0.05, 0.1) is 30.0 Å². The Balaban J connectivity index is 1.26. The number of hydrogen-bond acceptors (Lipinski definition) is 6. The Bertz CT molecular complexity index is 1610. The summed E-state index contributed by atoms with van der Waals surface area (Å²) in [5.41, 5.74) is 2.10. The highest BCUT2D eigenvalue weighted by Gasteiger charge is 2.34. The molecule has 0 bridgehead atoms. The Morgan fingerprint density at radius 3 is 2.85 bits per heavy atom. The lowest BCUT2D eigenvalue weighted by Gasteiger charge is -2.41. The molecule has 3 fully saturated rings. The van der Waals surface area contributed by atoms with Gasteiger partial charge in [0.1, 0.15) is 17.0 Å². The molecule has 2 atom stereocenters. The van der Waals surface area contributed by atoms with Gasteiger partial charge in [-0.15, -0.1) is 0 Å². The minimum Gasteiger partial charge on any atom is -0.417 e. The first-order valence-electron chi connectivity index (χ1n) is 13.6. The average molecular weight is 555 g/mol. The number of aryl methyl sites for hydroxylation is 1. The van der Waals surface area contributed by atoms with Crippen LogP contribution in [-0.4, -0.2) is 74.9 Å². The van der Waals surface area contributed by atoms with E-state index in [4.69, 9.17) is 9.72 Å². The number of morpholine rings is 1. The number of rotatable bonds is 6. The molecule has 3 aromatic heterocycles. The summed E-state index contributed by atoms with van der Waals surface area (Å²) in [6.07, 6.45) is 2.94. The number of piperidine rings is 1. The van der Waals surface area contributed by atoms with E-state index in [0.717, 1.165) is 31.2 Å². The van der Waals surface area contributed by atoms with Gasteiger partial charge in [-0.25, -0.2) is 9.37 Å². The largest absolute Gasteiger partial charge is 0.417 e. The zero-order valence-corrected chi connectivity index (χ0v) is 21.9. The Labute approximate surface area is 227 Å². The van der Waals surface area contributed by atoms with E-state index >= 15 is 4.39 Å². The predicted molar refractivity (Wildman–Crippen MR) is 141 cm³/mol. The smallest absolute Gasteiger partial charge is 0.388 e. The number of alkyl halides is 2. The van der Waals surface area contributed by atoms with E-state index in [9.17, 15) is 13.6 Å². The molecule has 5 heterocycles. The first-order valence-corrected chi connectivity index (χ1v) is 13.6. The Morgan fingerprint density at radius 2 is 2.05 bits per heavy atom. The second kappa shape index (κ2) is 9.77. The molecule has 2 saturated heterocycles. The molecule has 1 amide bonds. The van der Waals surface area contributed by atoms with Gasteiger partial charge >= 0.3 is 6.61 Å². The van der Waals surface area contributed by atoms with E-state index in [0.29, 0.717) is 54.8 Å². The Morgan fingerprint density at radius 1 is 1.20 bits per heavy atom. The molecule has 4 aromatic rings. The number of carbonyl (C=O) groups is 1. The average Bonchev–Trinajstić information content (AvgIpc) is 3.61. The molecule has 12 heteroatoms. The fourth-order valence-corrected chi connectivity index (χ4v) is 5.99. The van der Waals surface area contributed by atoms with Crippen molar-refractivity contribution in [2.75, 3.05) is 26.2 Å². The normalized spacial score (nSPS) is 21.4. The number of hydrogen-bond donors (Lipinski definition) is 1. The van der Waals surface area contributed by atoms with Crippen LogP contribution < -0.4 is 10.1 Å². The van der Waals surface area contributed by atoms with Crippen LogP contribution in [0.2, 0.25) is 0 Å². The summed E-state index contributed by atoms with van der Waals surface area (Å²) < 4.78 is 55.2. The number of carbonyl (C=O) groups excluding carboxylic acids is 1. The summed E-state index contributed by atoms with van der Waals surface area (Å²) in [4.78, 5) is 24.3. The SMILES string of the molecule is Cn1c(-c2cc3ccc(OC(F)F)nc3n2CC2CC2)nc2cc(C(=O)N3CC[C@@H]4OCCN[C@@H]4C3)cc(F)c21. The molecule has 7 rings (SSSR count). The van der Waals surface area contributed by atoms with E-state index in [2.05, 4.69) is 15.0 Å². The highest BCUT2D eigenvalue weighted by atomic mass is 19.3. The van der Waals surface area contributed by atoms with Crippen LogP contribution in [0.25, 0.3) is 33.6 Å². The maximum absolute atomic E-state index is 15.6. The molecule has 3 aliphatic rings. The summed E-state index contributed by atoms with van der Waals surface area (Å²) in [6, 6.07) is 7.96. The van der Waals surface area contributed by atoms with Crippen molar-refractivity contribution in [2.45, 2.75) is 44.6 Å². The minimum atomic E-state index is -2.98. The summed E-state index contributed by atoms with van der Waals surface area (Å²) in [6.45, 7) is 0.110. The third-order valence-corrected chi connectivity index (χ3v) is 8.14. The number of imidazole rings is 1. The van der Waals surface area contributed by atoms with Gasteiger partial charge in [-0.1, -0.05) is 0 Å². The topological polar surface area (TPSA) is 86.4 Å². The molecule has 1 N–H and O–H groups in total. The van der Waals surface area contributed by atoms with Crippen molar-refractivity contribution < 1.29 is 27.4 Å². The number of benzene rings is 1. The summed E-state index contributed by atoms with van der Waals surface area (Å²) in [5, 5.41) is 4.15. The van der Waals surface area contributed by atoms with E-state index in [-0.39, 0.29) is 35.0 Å². The zero-order chi connectivity index (χ0) is 27.5. The molecule has 0 spiro atoms. The van der Waals surface area contributed by atoms with Gasteiger partial charge in [0.25, 0.3) is 5.91 Å². The number of nitrogens with zero attached hydrogens (tertiary/aromatic N) is 5. The van der Waals surface area contributed by atoms with Crippen molar-refractivity contribution in [1.82, 2.24) is 29.3 Å². The van der Waals surface area contributed by atoms with Gasteiger partial charge in [0.15, 0.2) is 5.82 Å². The summed E-state index contributed by atoms with van der Waals surface area (Å²) in [7, 11) is 1.73. The monoisotopic (exact) mass is 554 g/mol. The summed E-state index contributed by atoms with van der Waals surface area (Å²) >= 11 is 0. The molecular weight excluding hydrogens is 525 g/mol. The number of halogens is 3. The highest BCUT2D eigenvalue weighted by Crippen LogP contribution is 2.37. The van der Waals surface area contributed by atoms with Crippen LogP contribution in [0, 0.1) is 11.7 Å². The number of aromatic nitrogens is 4. The molecule has 1 aromatic carbocycles. The van der Waals surface area contributed by atoms with Crippen LogP contribution in [0.4, 0.5) is 13.2 Å². The van der Waals surface area contributed by atoms with Gasteiger partial charge in [-0.2, -0.15) is 13.8 Å². The van der Waals surface area contributed by atoms with Crippen molar-refractivity contribution >= 4 is 28.0 Å². The van der Waals surface area contributed by atoms with Crippen molar-refractivity contribution in [3.05, 3.63) is 41.7 Å². The zero-order valence-electron chi connectivity index (χ0n) is 21.9. The Kier molecular flexibility index (Phi) is 6.19. The van der Waals surface area contributed by atoms with Crippen LogP contribution in [0.15, 0.2) is 30.3 Å². The first kappa shape index (κ1) is 25.3. The maximum Gasteiger partial charge on any atom is 0.388 e. The first-order chi connectivity index (χ1) is 19.4.